The molecule has 4 heteroatoms. The van der Waals surface area contributed by atoms with Gasteiger partial charge < -0.3 is 0 Å². The van der Waals surface area contributed by atoms with E-state index in [0.29, 0.717) is 17.8 Å². The van der Waals surface area contributed by atoms with Crippen LogP contribution in [0.2, 0.25) is 0 Å². The number of benzene rings is 1. The van der Waals surface area contributed by atoms with Gasteiger partial charge in [0.1, 0.15) is 0 Å². The summed E-state index contributed by atoms with van der Waals surface area (Å²) >= 11 is 6.30. The van der Waals surface area contributed by atoms with Crippen molar-refractivity contribution in [2.45, 2.75) is 38.2 Å². The van der Waals surface area contributed by atoms with E-state index >= 15 is 0 Å². The predicted octanol–water partition coefficient (Wildman–Crippen LogP) is 4.90. The smallest absolute Gasteiger partial charge is 0.166 e. The van der Waals surface area contributed by atoms with Crippen LogP contribution in [0.3, 0.4) is 0 Å². The molecular formula is C14H16ClF3. The minimum atomic E-state index is -4.27. The standard InChI is InChI=1S/C14H16ClF3/c1-13(2)8-11(13)12(15)7-9-3-5-10(6-4-9)14(16,17)18/h3-6,11-12H,7-8H2,1-2H3. The Morgan fingerprint density at radius 2 is 1.78 bits per heavy atom. The second-order valence-electron chi connectivity index (χ2n) is 5.71. The fourth-order valence-corrected chi connectivity index (χ4v) is 2.93. The Hall–Kier alpha value is -0.700. The number of hydrogen-bond donors (Lipinski definition) is 0. The molecule has 0 spiro atoms. The Morgan fingerprint density at radius 1 is 1.28 bits per heavy atom. The first kappa shape index (κ1) is 13.7. The van der Waals surface area contributed by atoms with Crippen molar-refractivity contribution in [2.24, 2.45) is 11.3 Å². The zero-order chi connectivity index (χ0) is 13.6. The third kappa shape index (κ3) is 3.00. The summed E-state index contributed by atoms with van der Waals surface area (Å²) in [6.07, 6.45) is -2.53. The summed E-state index contributed by atoms with van der Waals surface area (Å²) in [7, 11) is 0. The first-order chi connectivity index (χ1) is 8.20. The molecule has 1 fully saturated rings. The van der Waals surface area contributed by atoms with Gasteiger partial charge in [0.2, 0.25) is 0 Å². The molecule has 0 aliphatic heterocycles. The lowest BCUT2D eigenvalue weighted by Crippen LogP contribution is -2.10. The van der Waals surface area contributed by atoms with Gasteiger partial charge in [0.05, 0.1) is 5.56 Å². The maximum Gasteiger partial charge on any atom is 0.416 e. The maximum atomic E-state index is 12.4. The molecule has 2 atom stereocenters. The van der Waals surface area contributed by atoms with Crippen molar-refractivity contribution in [3.63, 3.8) is 0 Å². The largest absolute Gasteiger partial charge is 0.416 e. The van der Waals surface area contributed by atoms with Crippen LogP contribution in [0.25, 0.3) is 0 Å². The van der Waals surface area contributed by atoms with Gasteiger partial charge in [-0.1, -0.05) is 26.0 Å². The van der Waals surface area contributed by atoms with Crippen molar-refractivity contribution in [3.8, 4) is 0 Å². The zero-order valence-corrected chi connectivity index (χ0v) is 11.1. The van der Waals surface area contributed by atoms with Crippen LogP contribution in [0.4, 0.5) is 13.2 Å². The lowest BCUT2D eigenvalue weighted by Gasteiger charge is -2.12. The fraction of sp³-hybridized carbons (Fsp3) is 0.571. The molecule has 0 radical (unpaired) electrons. The highest BCUT2D eigenvalue weighted by Gasteiger charge is 2.49. The lowest BCUT2D eigenvalue weighted by atomic mass is 10.0. The molecule has 1 aliphatic carbocycles. The van der Waals surface area contributed by atoms with E-state index in [4.69, 9.17) is 11.6 Å². The van der Waals surface area contributed by atoms with E-state index in [1.165, 1.54) is 12.1 Å². The Bertz CT molecular complexity index is 420. The van der Waals surface area contributed by atoms with Crippen LogP contribution in [0.1, 0.15) is 31.4 Å². The Kier molecular flexibility index (Phi) is 3.39. The molecule has 1 aromatic carbocycles. The minimum Gasteiger partial charge on any atom is -0.166 e. The topological polar surface area (TPSA) is 0 Å². The van der Waals surface area contributed by atoms with E-state index in [9.17, 15) is 13.2 Å². The molecule has 0 saturated heterocycles. The van der Waals surface area contributed by atoms with E-state index < -0.39 is 11.7 Å². The molecule has 2 rings (SSSR count). The first-order valence-electron chi connectivity index (χ1n) is 6.00. The van der Waals surface area contributed by atoms with E-state index in [1.54, 1.807) is 0 Å². The summed E-state index contributed by atoms with van der Waals surface area (Å²) in [6.45, 7) is 4.33. The van der Waals surface area contributed by atoms with Crippen LogP contribution in [0.15, 0.2) is 24.3 Å². The third-order valence-electron chi connectivity index (χ3n) is 3.74. The highest BCUT2D eigenvalue weighted by Crippen LogP contribution is 2.55. The van der Waals surface area contributed by atoms with Gasteiger partial charge in [0.15, 0.2) is 0 Å². The molecular weight excluding hydrogens is 261 g/mol. The quantitative estimate of drug-likeness (QED) is 0.689. The second-order valence-corrected chi connectivity index (χ2v) is 6.27. The van der Waals surface area contributed by atoms with Crippen LogP contribution in [-0.4, -0.2) is 5.38 Å². The highest BCUT2D eigenvalue weighted by atomic mass is 35.5. The van der Waals surface area contributed by atoms with Crippen molar-refractivity contribution < 1.29 is 13.2 Å². The van der Waals surface area contributed by atoms with Crippen LogP contribution >= 0.6 is 11.6 Å². The second kappa shape index (κ2) is 4.44. The third-order valence-corrected chi connectivity index (χ3v) is 4.20. The average Bonchev–Trinajstić information content (AvgIpc) is 2.87. The van der Waals surface area contributed by atoms with Crippen LogP contribution in [0, 0.1) is 11.3 Å². The molecule has 0 bridgehead atoms. The van der Waals surface area contributed by atoms with Gasteiger partial charge >= 0.3 is 6.18 Å². The van der Waals surface area contributed by atoms with Gasteiger partial charge in [-0.3, -0.25) is 0 Å². The van der Waals surface area contributed by atoms with E-state index in [0.717, 1.165) is 24.1 Å². The first-order valence-corrected chi connectivity index (χ1v) is 6.44. The van der Waals surface area contributed by atoms with Crippen LogP contribution < -0.4 is 0 Å². The molecule has 1 aliphatic rings. The molecule has 18 heavy (non-hydrogen) atoms. The maximum absolute atomic E-state index is 12.4. The molecule has 0 nitrogen and oxygen atoms in total. The summed E-state index contributed by atoms with van der Waals surface area (Å²) < 4.78 is 37.2. The Labute approximate surface area is 110 Å². The van der Waals surface area contributed by atoms with E-state index in [-0.39, 0.29) is 5.38 Å². The highest BCUT2D eigenvalue weighted by molar-refractivity contribution is 6.21. The van der Waals surface area contributed by atoms with Crippen LogP contribution in [0.5, 0.6) is 0 Å². The van der Waals surface area contributed by atoms with Gasteiger partial charge in [-0.2, -0.15) is 13.2 Å². The van der Waals surface area contributed by atoms with E-state index in [2.05, 4.69) is 13.8 Å². The molecule has 1 aromatic rings. The summed E-state index contributed by atoms with van der Waals surface area (Å²) in [4.78, 5) is 0. The number of rotatable bonds is 3. The van der Waals surface area contributed by atoms with Gasteiger partial charge in [-0.05, 0) is 41.9 Å². The van der Waals surface area contributed by atoms with Crippen molar-refractivity contribution in [1.29, 1.82) is 0 Å². The van der Waals surface area contributed by atoms with Gasteiger partial charge in [-0.15, -0.1) is 11.6 Å². The average molecular weight is 277 g/mol. The minimum absolute atomic E-state index is 0.0109. The number of hydrogen-bond acceptors (Lipinski definition) is 0. The fourth-order valence-electron chi connectivity index (χ4n) is 2.32. The molecule has 0 amide bonds. The van der Waals surface area contributed by atoms with Crippen molar-refractivity contribution in [3.05, 3.63) is 35.4 Å². The van der Waals surface area contributed by atoms with Gasteiger partial charge in [-0.25, -0.2) is 0 Å². The van der Waals surface area contributed by atoms with Gasteiger partial charge in [0.25, 0.3) is 0 Å². The Balaban J connectivity index is 1.99. The van der Waals surface area contributed by atoms with Crippen molar-refractivity contribution in [1.82, 2.24) is 0 Å². The molecule has 2 unspecified atom stereocenters. The lowest BCUT2D eigenvalue weighted by molar-refractivity contribution is -0.137. The predicted molar refractivity (Wildman–Crippen MR) is 66.7 cm³/mol. The monoisotopic (exact) mass is 276 g/mol. The summed E-state index contributed by atoms with van der Waals surface area (Å²) in [5.74, 6) is 0.474. The summed E-state index contributed by atoms with van der Waals surface area (Å²) in [5, 5.41) is 0.0109. The number of halogens is 4. The molecule has 0 heterocycles. The SMILES string of the molecule is CC1(C)CC1C(Cl)Cc1ccc(C(F)(F)F)cc1. The molecule has 1 saturated carbocycles. The summed E-state index contributed by atoms with van der Waals surface area (Å²) in [6, 6.07) is 5.29. The molecule has 100 valence electrons. The zero-order valence-electron chi connectivity index (χ0n) is 10.4. The van der Waals surface area contributed by atoms with E-state index in [1.807, 2.05) is 0 Å². The molecule has 0 aromatic heterocycles. The summed E-state index contributed by atoms with van der Waals surface area (Å²) in [5.41, 5.74) is 0.549. The van der Waals surface area contributed by atoms with Crippen LogP contribution in [-0.2, 0) is 12.6 Å². The molecule has 0 N–H and O–H groups in total. The van der Waals surface area contributed by atoms with Crippen molar-refractivity contribution in [2.75, 3.05) is 0 Å². The van der Waals surface area contributed by atoms with Crippen molar-refractivity contribution >= 4 is 11.6 Å². The number of alkyl halides is 4. The Morgan fingerprint density at radius 3 is 2.17 bits per heavy atom. The normalized spacial score (nSPS) is 23.8. The van der Waals surface area contributed by atoms with Gasteiger partial charge in [0, 0.05) is 5.38 Å².